The minimum atomic E-state index is 0.246. The van der Waals surface area contributed by atoms with Crippen LogP contribution in [0.2, 0.25) is 0 Å². The van der Waals surface area contributed by atoms with Gasteiger partial charge in [0.05, 0.1) is 11.0 Å². The van der Waals surface area contributed by atoms with Crippen molar-refractivity contribution in [1.29, 1.82) is 0 Å². The van der Waals surface area contributed by atoms with E-state index in [4.69, 9.17) is 4.98 Å². The molecular weight excluding hydrogens is 336 g/mol. The number of hydrogen-bond donors (Lipinski definition) is 1. The van der Waals surface area contributed by atoms with Gasteiger partial charge in [-0.3, -0.25) is 4.79 Å². The molecule has 2 aliphatic rings. The fraction of sp³-hybridized carbons (Fsp3) is 0.364. The van der Waals surface area contributed by atoms with Gasteiger partial charge in [0.25, 0.3) is 0 Å². The maximum atomic E-state index is 12.0. The summed E-state index contributed by atoms with van der Waals surface area (Å²) in [5.74, 6) is 1.51. The van der Waals surface area contributed by atoms with Crippen molar-refractivity contribution in [3.8, 4) is 11.4 Å². The van der Waals surface area contributed by atoms with Crippen LogP contribution in [0.25, 0.3) is 22.4 Å². The van der Waals surface area contributed by atoms with Crippen LogP contribution in [0.5, 0.6) is 0 Å². The highest BCUT2D eigenvalue weighted by Gasteiger charge is 2.32. The van der Waals surface area contributed by atoms with Crippen molar-refractivity contribution in [3.63, 3.8) is 0 Å². The largest absolute Gasteiger partial charge is 0.369 e. The first-order chi connectivity index (χ1) is 13.2. The summed E-state index contributed by atoms with van der Waals surface area (Å²) < 4.78 is 2.15. The third kappa shape index (κ3) is 3.07. The molecule has 2 heterocycles. The monoisotopic (exact) mass is 360 g/mol. The summed E-state index contributed by atoms with van der Waals surface area (Å²) >= 11 is 0. The lowest BCUT2D eigenvalue weighted by atomic mass is 10.1. The van der Waals surface area contributed by atoms with Crippen molar-refractivity contribution < 1.29 is 4.79 Å². The second kappa shape index (κ2) is 6.41. The molecule has 0 radical (unpaired) electrons. The summed E-state index contributed by atoms with van der Waals surface area (Å²) in [7, 11) is 2.07. The SMILES string of the molecule is Cn1c(-c2cccc(N3CC[C@@H](NC(=O)C4CC4)C3)c2)nc2ccccc21. The van der Waals surface area contributed by atoms with Crippen molar-refractivity contribution in [2.24, 2.45) is 13.0 Å². The average molecular weight is 360 g/mol. The number of nitrogens with one attached hydrogen (secondary N) is 1. The molecule has 27 heavy (non-hydrogen) atoms. The molecule has 1 amide bonds. The number of amides is 1. The zero-order valence-electron chi connectivity index (χ0n) is 15.6. The molecule has 5 nitrogen and oxygen atoms in total. The highest BCUT2D eigenvalue weighted by atomic mass is 16.2. The van der Waals surface area contributed by atoms with Crippen molar-refractivity contribution in [2.45, 2.75) is 25.3 Å². The number of imidazole rings is 1. The van der Waals surface area contributed by atoms with Gasteiger partial charge >= 0.3 is 0 Å². The molecule has 138 valence electrons. The van der Waals surface area contributed by atoms with Gasteiger partial charge in [0.15, 0.2) is 0 Å². The molecule has 1 N–H and O–H groups in total. The third-order valence-electron chi connectivity index (χ3n) is 5.74. The van der Waals surface area contributed by atoms with Crippen molar-refractivity contribution in [3.05, 3.63) is 48.5 Å². The van der Waals surface area contributed by atoms with E-state index in [0.717, 1.165) is 54.8 Å². The normalized spacial score (nSPS) is 19.6. The van der Waals surface area contributed by atoms with Crippen LogP contribution >= 0.6 is 0 Å². The Balaban J connectivity index is 1.37. The Kier molecular flexibility index (Phi) is 3.88. The number of aromatic nitrogens is 2. The summed E-state index contributed by atoms with van der Waals surface area (Å²) in [6.07, 6.45) is 3.12. The number of carbonyl (C=O) groups excluding carboxylic acids is 1. The molecule has 1 atom stereocenters. The molecule has 5 heteroatoms. The van der Waals surface area contributed by atoms with Crippen LogP contribution < -0.4 is 10.2 Å². The maximum Gasteiger partial charge on any atom is 0.223 e. The van der Waals surface area contributed by atoms with Gasteiger partial charge in [-0.05, 0) is 43.5 Å². The van der Waals surface area contributed by atoms with Crippen LogP contribution in [0, 0.1) is 5.92 Å². The van der Waals surface area contributed by atoms with Gasteiger partial charge in [-0.1, -0.05) is 24.3 Å². The Labute approximate surface area is 159 Å². The number of anilines is 1. The zero-order chi connectivity index (χ0) is 18.4. The number of hydrogen-bond acceptors (Lipinski definition) is 3. The van der Waals surface area contributed by atoms with E-state index in [9.17, 15) is 4.79 Å². The van der Waals surface area contributed by atoms with E-state index < -0.39 is 0 Å². The van der Waals surface area contributed by atoms with Gasteiger partial charge in [-0.25, -0.2) is 4.98 Å². The fourth-order valence-electron chi connectivity index (χ4n) is 4.02. The molecule has 2 fully saturated rings. The molecule has 0 bridgehead atoms. The highest BCUT2D eigenvalue weighted by Crippen LogP contribution is 2.31. The molecule has 1 aromatic heterocycles. The molecule has 1 aliphatic heterocycles. The third-order valence-corrected chi connectivity index (χ3v) is 5.74. The molecule has 1 saturated heterocycles. The minimum absolute atomic E-state index is 0.246. The molecule has 0 spiro atoms. The van der Waals surface area contributed by atoms with Gasteiger partial charge in [0.2, 0.25) is 5.91 Å². The van der Waals surface area contributed by atoms with Crippen LogP contribution in [0.4, 0.5) is 5.69 Å². The van der Waals surface area contributed by atoms with E-state index in [1.165, 1.54) is 5.69 Å². The number of aryl methyl sites for hydroxylation is 1. The molecule has 1 aliphatic carbocycles. The second-order valence-corrected chi connectivity index (χ2v) is 7.75. The fourth-order valence-corrected chi connectivity index (χ4v) is 4.02. The van der Waals surface area contributed by atoms with Crippen LogP contribution in [-0.4, -0.2) is 34.6 Å². The number of rotatable bonds is 4. The van der Waals surface area contributed by atoms with Crippen LogP contribution in [-0.2, 0) is 11.8 Å². The summed E-state index contributed by atoms with van der Waals surface area (Å²) in [6, 6.07) is 17.1. The number of nitrogens with zero attached hydrogens (tertiary/aromatic N) is 3. The first kappa shape index (κ1) is 16.4. The van der Waals surface area contributed by atoms with E-state index in [1.807, 2.05) is 12.1 Å². The van der Waals surface area contributed by atoms with Crippen molar-refractivity contribution in [2.75, 3.05) is 18.0 Å². The van der Waals surface area contributed by atoms with E-state index in [-0.39, 0.29) is 17.9 Å². The standard InChI is InChI=1S/C22H24N4O/c1-25-20-8-3-2-7-19(20)24-21(25)16-5-4-6-18(13-16)26-12-11-17(14-26)23-22(27)15-9-10-15/h2-8,13,15,17H,9-12,14H2,1H3,(H,23,27)/t17-/m1/s1. The zero-order valence-corrected chi connectivity index (χ0v) is 15.6. The van der Waals surface area contributed by atoms with Crippen LogP contribution in [0.3, 0.4) is 0 Å². The van der Waals surface area contributed by atoms with E-state index >= 15 is 0 Å². The molecular formula is C22H24N4O. The molecule has 3 aromatic rings. The van der Waals surface area contributed by atoms with Gasteiger partial charge in [-0.2, -0.15) is 0 Å². The Morgan fingerprint density at radius 1 is 1.11 bits per heavy atom. The summed E-state index contributed by atoms with van der Waals surface area (Å²) in [4.78, 5) is 19.2. The first-order valence-electron chi connectivity index (χ1n) is 9.76. The predicted octanol–water partition coefficient (Wildman–Crippen LogP) is 3.35. The topological polar surface area (TPSA) is 50.2 Å². The van der Waals surface area contributed by atoms with Gasteiger partial charge < -0.3 is 14.8 Å². The first-order valence-corrected chi connectivity index (χ1v) is 9.76. The highest BCUT2D eigenvalue weighted by molar-refractivity contribution is 5.82. The predicted molar refractivity (Wildman–Crippen MR) is 108 cm³/mol. The lowest BCUT2D eigenvalue weighted by Crippen LogP contribution is -2.37. The lowest BCUT2D eigenvalue weighted by Gasteiger charge is -2.20. The smallest absolute Gasteiger partial charge is 0.223 e. The number of carbonyl (C=O) groups is 1. The summed E-state index contributed by atoms with van der Waals surface area (Å²) in [5.41, 5.74) is 4.48. The maximum absolute atomic E-state index is 12.0. The molecule has 2 aromatic carbocycles. The molecule has 0 unspecified atom stereocenters. The van der Waals surface area contributed by atoms with E-state index in [0.29, 0.717) is 0 Å². The van der Waals surface area contributed by atoms with E-state index in [2.05, 4.69) is 58.2 Å². The van der Waals surface area contributed by atoms with Crippen molar-refractivity contribution >= 4 is 22.6 Å². The van der Waals surface area contributed by atoms with E-state index in [1.54, 1.807) is 0 Å². The minimum Gasteiger partial charge on any atom is -0.369 e. The second-order valence-electron chi connectivity index (χ2n) is 7.75. The summed E-state index contributed by atoms with van der Waals surface area (Å²) in [5, 5.41) is 3.22. The Morgan fingerprint density at radius 3 is 2.78 bits per heavy atom. The molecule has 1 saturated carbocycles. The quantitative estimate of drug-likeness (QED) is 0.776. The Bertz CT molecular complexity index is 1000. The number of fused-ring (bicyclic) bond motifs is 1. The van der Waals surface area contributed by atoms with Crippen LogP contribution in [0.1, 0.15) is 19.3 Å². The number of benzene rings is 2. The Morgan fingerprint density at radius 2 is 1.96 bits per heavy atom. The van der Waals surface area contributed by atoms with Crippen LogP contribution in [0.15, 0.2) is 48.5 Å². The van der Waals surface area contributed by atoms with Gasteiger partial charge in [0.1, 0.15) is 5.82 Å². The summed E-state index contributed by atoms with van der Waals surface area (Å²) in [6.45, 7) is 1.85. The van der Waals surface area contributed by atoms with Crippen molar-refractivity contribution in [1.82, 2.24) is 14.9 Å². The van der Waals surface area contributed by atoms with Gasteiger partial charge in [-0.15, -0.1) is 0 Å². The number of para-hydroxylation sites is 2. The lowest BCUT2D eigenvalue weighted by molar-refractivity contribution is -0.122. The Hall–Kier alpha value is -2.82. The molecule has 5 rings (SSSR count). The van der Waals surface area contributed by atoms with Gasteiger partial charge in [0, 0.05) is 43.3 Å². The average Bonchev–Trinajstić information content (AvgIpc) is 3.36.